The molecule has 13 aromatic carbocycles. The van der Waals surface area contributed by atoms with Crippen LogP contribution in [-0.4, -0.2) is 90.6 Å². The van der Waals surface area contributed by atoms with E-state index in [-0.39, 0.29) is 6.61 Å². The highest BCUT2D eigenvalue weighted by atomic mass is 16.5. The second kappa shape index (κ2) is 35.5. The quantitative estimate of drug-likeness (QED) is 0.101. The fraction of sp³-hybridized carbons (Fsp3) is 0.118. The van der Waals surface area contributed by atoms with Gasteiger partial charge in [-0.1, -0.05) is 181 Å². The van der Waals surface area contributed by atoms with Crippen LogP contribution in [0.5, 0.6) is 5.75 Å². The number of fused-ring (bicyclic) bond motifs is 11. The van der Waals surface area contributed by atoms with Crippen LogP contribution in [0, 0.1) is 13.8 Å². The molecule has 0 aliphatic heterocycles. The lowest BCUT2D eigenvalue weighted by Gasteiger charge is -2.10. The molecule has 127 heavy (non-hydrogen) atoms. The molecule has 17 nitrogen and oxygen atoms in total. The van der Waals surface area contributed by atoms with E-state index in [1.807, 2.05) is 122 Å². The molecule has 23 rings (SSSR count). The lowest BCUT2D eigenvalue weighted by molar-refractivity contribution is 0.300. The van der Waals surface area contributed by atoms with E-state index in [1.165, 1.54) is 110 Å². The fourth-order valence-electron chi connectivity index (χ4n) is 18.1. The summed E-state index contributed by atoms with van der Waals surface area (Å²) in [7, 11) is 5.82. The van der Waals surface area contributed by atoms with Gasteiger partial charge in [0.05, 0.1) is 95.0 Å². The number of methoxy groups -OCH3 is 1. The Morgan fingerprint density at radius 1 is 0.291 bits per heavy atom. The lowest BCUT2D eigenvalue weighted by atomic mass is 10.1. The van der Waals surface area contributed by atoms with Gasteiger partial charge in [-0.2, -0.15) is 25.5 Å². The zero-order valence-corrected chi connectivity index (χ0v) is 72.4. The topological polar surface area (TPSA) is 143 Å². The van der Waals surface area contributed by atoms with E-state index in [1.54, 1.807) is 7.11 Å². The highest BCUT2D eigenvalue weighted by molar-refractivity contribution is 6.11. The first-order valence-corrected chi connectivity index (χ1v) is 43.3. The summed E-state index contributed by atoms with van der Waals surface area (Å²) in [5, 5.41) is 42.2. The summed E-state index contributed by atoms with van der Waals surface area (Å²) in [5.74, 6) is 0.840. The van der Waals surface area contributed by atoms with Crippen molar-refractivity contribution in [2.24, 2.45) is 14.1 Å². The van der Waals surface area contributed by atoms with Crippen LogP contribution < -0.4 is 4.74 Å². The molecule has 10 heterocycles. The van der Waals surface area contributed by atoms with Crippen molar-refractivity contribution in [3.05, 3.63) is 394 Å². The van der Waals surface area contributed by atoms with Crippen LogP contribution >= 0.6 is 0 Å². The zero-order valence-electron chi connectivity index (χ0n) is 72.4. The zero-order chi connectivity index (χ0) is 86.6. The third kappa shape index (κ3) is 15.6. The number of hydrogen-bond donors (Lipinski definition) is 1. The molecular formula is C110H97N15O2. The monoisotopic (exact) mass is 1660 g/mol. The van der Waals surface area contributed by atoms with E-state index >= 15 is 0 Å². The van der Waals surface area contributed by atoms with Crippen LogP contribution in [-0.2, 0) is 40.2 Å². The minimum atomic E-state index is 0.153. The summed E-state index contributed by atoms with van der Waals surface area (Å²) < 4.78 is 26.8. The number of nitrogens with zero attached hydrogens (tertiary/aromatic N) is 15. The van der Waals surface area contributed by atoms with Crippen molar-refractivity contribution in [2.45, 2.75) is 60.7 Å². The summed E-state index contributed by atoms with van der Waals surface area (Å²) in [4.78, 5) is 0. The third-order valence-electron chi connectivity index (χ3n) is 24.2. The van der Waals surface area contributed by atoms with Crippen LogP contribution in [0.1, 0.15) is 37.6 Å². The molecule has 10 aromatic heterocycles. The number of ether oxygens (including phenoxy) is 1. The van der Waals surface area contributed by atoms with Gasteiger partial charge in [0.15, 0.2) is 0 Å². The number of aliphatic hydroxyl groups is 1. The minimum Gasteiger partial charge on any atom is -0.497 e. The maximum absolute atomic E-state index is 9.31. The number of rotatable bonds is 16. The molecule has 0 aliphatic rings. The number of aromatic nitrogens is 15. The molecule has 0 fully saturated rings. The Balaban J connectivity index is 0.000000104. The molecule has 0 unspecified atom stereocenters. The van der Waals surface area contributed by atoms with Gasteiger partial charge in [0, 0.05) is 167 Å². The predicted molar refractivity (Wildman–Crippen MR) is 521 cm³/mol. The first-order chi connectivity index (χ1) is 62.4. The molecule has 0 spiro atoms. The van der Waals surface area contributed by atoms with Crippen molar-refractivity contribution in [1.82, 2.24) is 71.7 Å². The molecule has 0 saturated heterocycles. The Kier molecular flexibility index (Phi) is 22.6. The maximum Gasteiger partial charge on any atom is 0.119 e. The third-order valence-corrected chi connectivity index (χ3v) is 24.2. The van der Waals surface area contributed by atoms with E-state index in [4.69, 9.17) is 4.74 Å². The molecule has 0 atom stereocenters. The summed E-state index contributed by atoms with van der Waals surface area (Å²) in [5.41, 5.74) is 30.2. The van der Waals surface area contributed by atoms with Crippen molar-refractivity contribution in [1.29, 1.82) is 0 Å². The molecule has 1 N–H and O–H groups in total. The first kappa shape index (κ1) is 80.9. The van der Waals surface area contributed by atoms with E-state index in [0.29, 0.717) is 6.42 Å². The summed E-state index contributed by atoms with van der Waals surface area (Å²) >= 11 is 0. The molecule has 0 radical (unpaired) electrons. The van der Waals surface area contributed by atoms with E-state index < -0.39 is 0 Å². The van der Waals surface area contributed by atoms with Crippen molar-refractivity contribution in [3.8, 4) is 90.5 Å². The molecule has 0 aliphatic carbocycles. The first-order valence-electron chi connectivity index (χ1n) is 43.3. The Bertz CT molecular complexity index is 7850. The average Bonchev–Trinajstić information content (AvgIpc) is 1.61. The van der Waals surface area contributed by atoms with Gasteiger partial charge in [-0.3, -0.25) is 0 Å². The van der Waals surface area contributed by atoms with Crippen LogP contribution in [0.2, 0.25) is 0 Å². The van der Waals surface area contributed by atoms with Gasteiger partial charge >= 0.3 is 0 Å². The fourth-order valence-corrected chi connectivity index (χ4v) is 18.1. The van der Waals surface area contributed by atoms with Crippen LogP contribution in [0.25, 0.3) is 172 Å². The van der Waals surface area contributed by atoms with Gasteiger partial charge in [0.1, 0.15) is 5.75 Å². The van der Waals surface area contributed by atoms with Crippen LogP contribution in [0.15, 0.2) is 377 Å². The largest absolute Gasteiger partial charge is 0.497 e. The molecule has 0 saturated carbocycles. The van der Waals surface area contributed by atoms with Crippen molar-refractivity contribution in [3.63, 3.8) is 0 Å². The number of aliphatic hydroxyl groups excluding tert-OH is 1. The van der Waals surface area contributed by atoms with Crippen molar-refractivity contribution in [2.75, 3.05) is 13.7 Å². The predicted octanol–water partition coefficient (Wildman–Crippen LogP) is 25.2. The second-order valence-corrected chi connectivity index (χ2v) is 31.8. The Labute approximate surface area is 736 Å². The number of para-hydroxylation sites is 3. The van der Waals surface area contributed by atoms with Crippen LogP contribution in [0.3, 0.4) is 0 Å². The SMILES string of the molecule is CCn1c2ccccc2c2cc(-n3nccc3-c3cccc(C)c3)ccc21.CCn1c2ccccc2c2cc(-n3nccc3-c3cccc(OC)c3)ccc21.CCn1c2ccccc2c2cc(-n3nccc3-c3ccccc3)ccc21.Cc1cc2cc(-n3nccc3-c3ccccc3)ccc2n1C.Cn1cc(CCO)c2cc(-n3nccc3-c3ccccc3)ccc21. The van der Waals surface area contributed by atoms with Crippen molar-refractivity contribution >= 4 is 87.2 Å². The number of benzene rings is 13. The van der Waals surface area contributed by atoms with Gasteiger partial charge in [-0.15, -0.1) is 0 Å². The number of hydrogen-bond acceptors (Lipinski definition) is 7. The van der Waals surface area contributed by atoms with Gasteiger partial charge < -0.3 is 32.7 Å². The van der Waals surface area contributed by atoms with Gasteiger partial charge in [0.2, 0.25) is 0 Å². The molecule has 17 heteroatoms. The highest BCUT2D eigenvalue weighted by Crippen LogP contribution is 2.38. The smallest absolute Gasteiger partial charge is 0.119 e. The van der Waals surface area contributed by atoms with E-state index in [2.05, 4.69) is 375 Å². The number of aryl methyl sites for hydroxylation is 7. The lowest BCUT2D eigenvalue weighted by Crippen LogP contribution is -1.99. The molecule has 0 bridgehead atoms. The van der Waals surface area contributed by atoms with E-state index in [9.17, 15) is 5.11 Å². The molecular weight excluding hydrogens is 1560 g/mol. The minimum absolute atomic E-state index is 0.153. The molecule has 624 valence electrons. The highest BCUT2D eigenvalue weighted by Gasteiger charge is 2.20. The molecule has 23 aromatic rings. The summed E-state index contributed by atoms with van der Waals surface area (Å²) in [6, 6.07) is 119. The van der Waals surface area contributed by atoms with E-state index in [0.717, 1.165) is 104 Å². The molecule has 0 amide bonds. The average molecular weight is 1660 g/mol. The Morgan fingerprint density at radius 2 is 0.622 bits per heavy atom. The van der Waals surface area contributed by atoms with Crippen LogP contribution in [0.4, 0.5) is 0 Å². The van der Waals surface area contributed by atoms with Gasteiger partial charge in [0.25, 0.3) is 0 Å². The Morgan fingerprint density at radius 3 is 1.01 bits per heavy atom. The Hall–Kier alpha value is -15.9. The van der Waals surface area contributed by atoms with Crippen molar-refractivity contribution < 1.29 is 9.84 Å². The maximum atomic E-state index is 9.31. The summed E-state index contributed by atoms with van der Waals surface area (Å²) in [6.45, 7) is 13.8. The normalized spacial score (nSPS) is 11.3. The second-order valence-electron chi connectivity index (χ2n) is 31.8. The standard InChI is InChI=1S/C24H21N3O.C24H21N3.C23H19N3.C20H19N3O.C19H17N3/c1-3-26-23-10-5-4-9-20(23)21-16-18(11-12-24(21)26)27-22(13-14-25-27)17-7-6-8-19(15-17)28-2;1-3-26-23-10-5-4-9-20(23)21-16-19(11-12-24(21)26)27-22(13-14-25-27)18-8-6-7-17(2)15-18;1-2-25-22-11-7-6-10-19(22)20-16-18(12-13-23(20)25)26-21(14-15-24-26)17-8-4-3-5-9-17;1-22-14-16(10-12-24)18-13-17(7-8-20(18)22)23-19(9-11-21-23)15-5-3-2-4-6-15;1-14-12-16-13-17(8-9-18(16)21(14)2)22-19(10-11-20-22)15-6-4-3-5-7-15/h4-16H,3H2,1-2H3;4-16H,3H2,1-2H3;3-16H,2H2,1H3;2-9,11,13-14,24H,10,12H2,1H3;3-13H,1-2H3. The van der Waals surface area contributed by atoms with Gasteiger partial charge in [-0.05, 0) is 210 Å². The summed E-state index contributed by atoms with van der Waals surface area (Å²) in [6.07, 6.45) is 12.0. The van der Waals surface area contributed by atoms with Gasteiger partial charge in [-0.25, -0.2) is 23.4 Å².